The lowest BCUT2D eigenvalue weighted by Gasteiger charge is -2.04. The SMILES string of the molecule is COC(=O)c1ccc(/C=c2\sc3nc(-c4ccccc4OC(C)=O)nn3c2=O)cc1. The Morgan fingerprint density at radius 3 is 2.50 bits per heavy atom. The third-order valence-electron chi connectivity index (χ3n) is 4.19. The van der Waals surface area contributed by atoms with Gasteiger partial charge in [-0.15, -0.1) is 5.10 Å². The van der Waals surface area contributed by atoms with Crippen LogP contribution in [-0.2, 0) is 9.53 Å². The van der Waals surface area contributed by atoms with E-state index in [4.69, 9.17) is 4.74 Å². The zero-order valence-corrected chi connectivity index (χ0v) is 16.8. The van der Waals surface area contributed by atoms with E-state index in [0.717, 1.165) is 5.56 Å². The fourth-order valence-electron chi connectivity index (χ4n) is 2.83. The third-order valence-corrected chi connectivity index (χ3v) is 5.15. The van der Waals surface area contributed by atoms with E-state index in [0.29, 0.717) is 32.2 Å². The molecule has 4 aromatic rings. The molecule has 0 radical (unpaired) electrons. The van der Waals surface area contributed by atoms with Crippen LogP contribution in [-0.4, -0.2) is 33.6 Å². The maximum Gasteiger partial charge on any atom is 0.337 e. The number of rotatable bonds is 4. The Balaban J connectivity index is 1.72. The lowest BCUT2D eigenvalue weighted by atomic mass is 10.1. The number of thiazole rings is 1. The first-order valence-corrected chi connectivity index (χ1v) is 9.65. The molecule has 0 saturated carbocycles. The third kappa shape index (κ3) is 3.70. The monoisotopic (exact) mass is 421 g/mol. The minimum absolute atomic E-state index is 0.296. The molecule has 2 heterocycles. The van der Waals surface area contributed by atoms with Gasteiger partial charge in [0.15, 0.2) is 5.82 Å². The molecule has 0 bridgehead atoms. The van der Waals surface area contributed by atoms with Crippen molar-refractivity contribution in [3.63, 3.8) is 0 Å². The Hall–Kier alpha value is -3.85. The standard InChI is InChI=1S/C21H15N3O5S/c1-12(25)29-16-6-4-3-5-15(16)18-22-21-24(23-18)19(26)17(30-21)11-13-7-9-14(10-8-13)20(27)28-2/h3-11H,1-2H3/b17-11-. The molecule has 0 unspecified atom stereocenters. The molecule has 30 heavy (non-hydrogen) atoms. The Morgan fingerprint density at radius 1 is 1.10 bits per heavy atom. The molecule has 9 heteroatoms. The van der Waals surface area contributed by atoms with Gasteiger partial charge in [-0.1, -0.05) is 35.6 Å². The number of hydrogen-bond acceptors (Lipinski definition) is 8. The quantitative estimate of drug-likeness (QED) is 0.367. The molecule has 0 atom stereocenters. The van der Waals surface area contributed by atoms with Gasteiger partial charge in [-0.2, -0.15) is 9.50 Å². The van der Waals surface area contributed by atoms with E-state index in [2.05, 4.69) is 14.8 Å². The molecule has 0 fully saturated rings. The predicted molar refractivity (Wildman–Crippen MR) is 110 cm³/mol. The first-order valence-electron chi connectivity index (χ1n) is 8.84. The summed E-state index contributed by atoms with van der Waals surface area (Å²) in [4.78, 5) is 40.4. The molecule has 2 aromatic heterocycles. The van der Waals surface area contributed by atoms with Crippen LogP contribution in [0.4, 0.5) is 0 Å². The number of esters is 2. The summed E-state index contributed by atoms with van der Waals surface area (Å²) in [5.74, 6) is -0.258. The number of aromatic nitrogens is 3. The van der Waals surface area contributed by atoms with Crippen LogP contribution in [0.15, 0.2) is 53.3 Å². The highest BCUT2D eigenvalue weighted by molar-refractivity contribution is 7.15. The zero-order chi connectivity index (χ0) is 21.3. The highest BCUT2D eigenvalue weighted by Crippen LogP contribution is 2.27. The molecule has 4 rings (SSSR count). The van der Waals surface area contributed by atoms with Crippen molar-refractivity contribution in [2.24, 2.45) is 0 Å². The van der Waals surface area contributed by atoms with Gasteiger partial charge >= 0.3 is 11.9 Å². The fraction of sp³-hybridized carbons (Fsp3) is 0.0952. The largest absolute Gasteiger partial charge is 0.465 e. The number of fused-ring (bicyclic) bond motifs is 1. The van der Waals surface area contributed by atoms with Gasteiger partial charge in [-0.05, 0) is 35.9 Å². The van der Waals surface area contributed by atoms with E-state index >= 15 is 0 Å². The van der Waals surface area contributed by atoms with Gasteiger partial charge in [-0.25, -0.2) is 4.79 Å². The van der Waals surface area contributed by atoms with Crippen LogP contribution in [0.3, 0.4) is 0 Å². The van der Waals surface area contributed by atoms with Crippen molar-refractivity contribution >= 4 is 34.3 Å². The molecular weight excluding hydrogens is 406 g/mol. The average Bonchev–Trinajstić information content (AvgIpc) is 3.27. The van der Waals surface area contributed by atoms with Crippen molar-refractivity contribution in [2.75, 3.05) is 7.11 Å². The number of nitrogens with zero attached hydrogens (tertiary/aromatic N) is 3. The van der Waals surface area contributed by atoms with Crippen LogP contribution in [0.25, 0.3) is 22.4 Å². The minimum Gasteiger partial charge on any atom is -0.465 e. The molecule has 0 aliphatic heterocycles. The fourth-order valence-corrected chi connectivity index (χ4v) is 3.74. The van der Waals surface area contributed by atoms with Crippen LogP contribution in [0.2, 0.25) is 0 Å². The summed E-state index contributed by atoms with van der Waals surface area (Å²) in [6.45, 7) is 1.31. The van der Waals surface area contributed by atoms with E-state index in [1.807, 2.05) is 0 Å². The Bertz CT molecular complexity index is 1370. The topological polar surface area (TPSA) is 99.9 Å². The molecule has 0 saturated heterocycles. The molecule has 150 valence electrons. The van der Waals surface area contributed by atoms with Crippen LogP contribution in [0.5, 0.6) is 5.75 Å². The summed E-state index contributed by atoms with van der Waals surface area (Å²) >= 11 is 1.19. The highest BCUT2D eigenvalue weighted by atomic mass is 32.1. The highest BCUT2D eigenvalue weighted by Gasteiger charge is 2.16. The molecule has 0 aliphatic rings. The van der Waals surface area contributed by atoms with Gasteiger partial charge in [0, 0.05) is 6.92 Å². The van der Waals surface area contributed by atoms with Crippen LogP contribution < -0.4 is 14.8 Å². The van der Waals surface area contributed by atoms with Crippen molar-refractivity contribution in [3.05, 3.63) is 74.5 Å². The maximum absolute atomic E-state index is 12.7. The summed E-state index contributed by atoms with van der Waals surface area (Å²) in [6, 6.07) is 13.6. The molecule has 0 amide bonds. The number of carbonyl (C=O) groups excluding carboxylic acids is 2. The summed E-state index contributed by atoms with van der Waals surface area (Å²) in [5.41, 5.74) is 1.39. The second kappa shape index (κ2) is 7.88. The van der Waals surface area contributed by atoms with E-state index in [1.165, 1.54) is 29.9 Å². The van der Waals surface area contributed by atoms with E-state index in [1.54, 1.807) is 54.6 Å². The van der Waals surface area contributed by atoms with Gasteiger partial charge in [0.1, 0.15) is 5.75 Å². The van der Waals surface area contributed by atoms with Gasteiger partial charge in [-0.3, -0.25) is 9.59 Å². The van der Waals surface area contributed by atoms with Crippen molar-refractivity contribution in [3.8, 4) is 17.1 Å². The van der Waals surface area contributed by atoms with E-state index in [-0.39, 0.29) is 5.56 Å². The Labute approximate surface area is 174 Å². The van der Waals surface area contributed by atoms with Crippen molar-refractivity contribution in [1.29, 1.82) is 0 Å². The predicted octanol–water partition coefficient (Wildman–Crippen LogP) is 2.08. The first kappa shape index (κ1) is 19.5. The smallest absolute Gasteiger partial charge is 0.337 e. The van der Waals surface area contributed by atoms with Crippen molar-refractivity contribution in [2.45, 2.75) is 6.92 Å². The number of benzene rings is 2. The zero-order valence-electron chi connectivity index (χ0n) is 16.0. The second-order valence-electron chi connectivity index (χ2n) is 6.25. The minimum atomic E-state index is -0.455. The molecule has 0 spiro atoms. The van der Waals surface area contributed by atoms with Gasteiger partial charge < -0.3 is 9.47 Å². The van der Waals surface area contributed by atoms with Crippen LogP contribution >= 0.6 is 11.3 Å². The summed E-state index contributed by atoms with van der Waals surface area (Å²) < 4.78 is 11.5. The Kier molecular flexibility index (Phi) is 5.11. The molecule has 8 nitrogen and oxygen atoms in total. The van der Waals surface area contributed by atoms with Crippen LogP contribution in [0.1, 0.15) is 22.8 Å². The Morgan fingerprint density at radius 2 is 1.83 bits per heavy atom. The lowest BCUT2D eigenvalue weighted by molar-refractivity contribution is -0.131. The number of carbonyl (C=O) groups is 2. The summed E-state index contributed by atoms with van der Waals surface area (Å²) in [7, 11) is 1.32. The van der Waals surface area contributed by atoms with Crippen molar-refractivity contribution < 1.29 is 19.1 Å². The molecule has 0 aliphatic carbocycles. The normalized spacial score (nSPS) is 11.6. The van der Waals surface area contributed by atoms with Crippen molar-refractivity contribution in [1.82, 2.24) is 14.6 Å². The lowest BCUT2D eigenvalue weighted by Crippen LogP contribution is -2.23. The maximum atomic E-state index is 12.7. The molecule has 2 aromatic carbocycles. The number of methoxy groups -OCH3 is 1. The van der Waals surface area contributed by atoms with Crippen LogP contribution in [0, 0.1) is 0 Å². The summed E-state index contributed by atoms with van der Waals surface area (Å²) in [5, 5.41) is 4.29. The van der Waals surface area contributed by atoms with E-state index < -0.39 is 11.9 Å². The first-order chi connectivity index (χ1) is 14.5. The number of para-hydroxylation sites is 1. The average molecular weight is 421 g/mol. The van der Waals surface area contributed by atoms with Gasteiger partial charge in [0.05, 0.1) is 22.8 Å². The summed E-state index contributed by atoms with van der Waals surface area (Å²) in [6.07, 6.45) is 1.71. The second-order valence-corrected chi connectivity index (χ2v) is 7.26. The number of ether oxygens (including phenoxy) is 2. The number of hydrogen-bond donors (Lipinski definition) is 0. The molecule has 0 N–H and O–H groups in total. The van der Waals surface area contributed by atoms with Gasteiger partial charge in [0.2, 0.25) is 4.96 Å². The van der Waals surface area contributed by atoms with Gasteiger partial charge in [0.25, 0.3) is 5.56 Å². The van der Waals surface area contributed by atoms with E-state index in [9.17, 15) is 14.4 Å². The molecular formula is C21H15N3O5S.